The van der Waals surface area contributed by atoms with Crippen molar-refractivity contribution < 1.29 is 0 Å². The van der Waals surface area contributed by atoms with Crippen LogP contribution in [0.3, 0.4) is 0 Å². The van der Waals surface area contributed by atoms with Crippen LogP contribution in [0.25, 0.3) is 0 Å². The van der Waals surface area contributed by atoms with E-state index in [0.29, 0.717) is 0 Å². The fourth-order valence-corrected chi connectivity index (χ4v) is 0.977. The quantitative estimate of drug-likeness (QED) is 0.798. The summed E-state index contributed by atoms with van der Waals surface area (Å²) in [6.07, 6.45) is 4.63. The van der Waals surface area contributed by atoms with Gasteiger partial charge in [-0.1, -0.05) is 12.5 Å². The van der Waals surface area contributed by atoms with Gasteiger partial charge in [-0.3, -0.25) is 0 Å². The first-order valence-corrected chi connectivity index (χ1v) is 4.85. The number of nitrogens with zero attached hydrogens (tertiary/aromatic N) is 2. The van der Waals surface area contributed by atoms with Gasteiger partial charge < -0.3 is 5.32 Å². The van der Waals surface area contributed by atoms with Crippen molar-refractivity contribution in [1.29, 1.82) is 0 Å². The van der Waals surface area contributed by atoms with Crippen molar-refractivity contribution in [3.05, 3.63) is 29.4 Å². The predicted octanol–water partition coefficient (Wildman–Crippen LogP) is 2.82. The molecule has 0 aliphatic carbocycles. The van der Waals surface area contributed by atoms with E-state index in [9.17, 15) is 0 Å². The minimum Gasteiger partial charge on any atom is -0.346 e. The second-order valence-electron chi connectivity index (χ2n) is 3.42. The maximum Gasteiger partial charge on any atom is 0.136 e. The molecule has 0 atom stereocenters. The molecule has 1 aromatic rings. The van der Waals surface area contributed by atoms with Gasteiger partial charge in [-0.05, 0) is 27.2 Å². The van der Waals surface area contributed by atoms with E-state index in [-0.39, 0.29) is 0 Å². The van der Waals surface area contributed by atoms with E-state index in [1.165, 1.54) is 5.57 Å². The fraction of sp³-hybridized carbons (Fsp3) is 0.455. The maximum absolute atomic E-state index is 4.18. The molecule has 1 N–H and O–H groups in total. The van der Waals surface area contributed by atoms with Crippen LogP contribution in [0.15, 0.2) is 18.1 Å². The van der Waals surface area contributed by atoms with E-state index in [1.807, 2.05) is 20.0 Å². The molecule has 0 spiro atoms. The van der Waals surface area contributed by atoms with Gasteiger partial charge in [0.1, 0.15) is 12.1 Å². The molecular weight excluding hydrogens is 174 g/mol. The number of hydrogen-bond donors (Lipinski definition) is 1. The number of aryl methyl sites for hydroxylation is 1. The zero-order chi connectivity index (χ0) is 10.6. The Labute approximate surface area is 85.3 Å². The molecule has 0 radical (unpaired) electrons. The average molecular weight is 191 g/mol. The third kappa shape index (κ3) is 2.55. The molecule has 0 aromatic carbocycles. The number of aromatic nitrogens is 2. The highest BCUT2D eigenvalue weighted by Crippen LogP contribution is 2.13. The van der Waals surface area contributed by atoms with E-state index >= 15 is 0 Å². The van der Waals surface area contributed by atoms with Crippen LogP contribution in [0, 0.1) is 13.8 Å². The topological polar surface area (TPSA) is 37.8 Å². The third-order valence-corrected chi connectivity index (χ3v) is 2.35. The highest BCUT2D eigenvalue weighted by Gasteiger charge is 2.00. The van der Waals surface area contributed by atoms with Crippen LogP contribution in [0.5, 0.6) is 0 Å². The Balaban J connectivity index is 2.82. The molecule has 0 saturated carbocycles. The van der Waals surface area contributed by atoms with Gasteiger partial charge >= 0.3 is 0 Å². The van der Waals surface area contributed by atoms with Crippen LogP contribution in [-0.2, 0) is 0 Å². The van der Waals surface area contributed by atoms with Crippen molar-refractivity contribution in [1.82, 2.24) is 9.97 Å². The Bertz CT molecular complexity index is 342. The minimum absolute atomic E-state index is 0.894. The molecule has 0 aliphatic heterocycles. The zero-order valence-electron chi connectivity index (χ0n) is 9.26. The lowest BCUT2D eigenvalue weighted by atomic mass is 10.2. The Hall–Kier alpha value is -1.38. The zero-order valence-corrected chi connectivity index (χ0v) is 9.26. The molecule has 0 unspecified atom stereocenters. The molecule has 0 amide bonds. The average Bonchev–Trinajstić information content (AvgIpc) is 2.20. The molecule has 0 saturated heterocycles. The van der Waals surface area contributed by atoms with Crippen LogP contribution in [0.4, 0.5) is 5.82 Å². The van der Waals surface area contributed by atoms with Crippen LogP contribution >= 0.6 is 0 Å². The number of anilines is 1. The van der Waals surface area contributed by atoms with Gasteiger partial charge in [0.25, 0.3) is 0 Å². The molecule has 1 aromatic heterocycles. The summed E-state index contributed by atoms with van der Waals surface area (Å²) in [5.74, 6) is 0.894. The lowest BCUT2D eigenvalue weighted by Gasteiger charge is -2.06. The number of nitrogens with one attached hydrogen (secondary N) is 1. The molecule has 0 fully saturated rings. The van der Waals surface area contributed by atoms with E-state index in [1.54, 1.807) is 6.33 Å². The molecule has 1 rings (SSSR count). The van der Waals surface area contributed by atoms with E-state index in [0.717, 1.165) is 23.5 Å². The summed E-state index contributed by atoms with van der Waals surface area (Å²) >= 11 is 0. The summed E-state index contributed by atoms with van der Waals surface area (Å²) < 4.78 is 0. The maximum atomic E-state index is 4.18. The van der Waals surface area contributed by atoms with E-state index in [4.69, 9.17) is 0 Å². The largest absolute Gasteiger partial charge is 0.346 e. The normalized spacial score (nSPS) is 11.6. The van der Waals surface area contributed by atoms with Crippen LogP contribution in [0.2, 0.25) is 0 Å². The van der Waals surface area contributed by atoms with E-state index < -0.39 is 0 Å². The SMILES string of the molecule is CC/C(C)=C\Nc1ncnc(C)c1C. The molecule has 3 nitrogen and oxygen atoms in total. The summed E-state index contributed by atoms with van der Waals surface area (Å²) in [5, 5.41) is 3.19. The van der Waals surface area contributed by atoms with Gasteiger partial charge in [0.15, 0.2) is 0 Å². The summed E-state index contributed by atoms with van der Waals surface area (Å²) in [5.41, 5.74) is 3.43. The predicted molar refractivity (Wildman–Crippen MR) is 59.2 cm³/mol. The van der Waals surface area contributed by atoms with Crippen LogP contribution in [-0.4, -0.2) is 9.97 Å². The minimum atomic E-state index is 0.894. The van der Waals surface area contributed by atoms with Crippen molar-refractivity contribution in [3.63, 3.8) is 0 Å². The first-order valence-electron chi connectivity index (χ1n) is 4.85. The first kappa shape index (κ1) is 10.7. The second kappa shape index (κ2) is 4.74. The molecule has 0 bridgehead atoms. The molecule has 76 valence electrons. The Morgan fingerprint density at radius 3 is 2.79 bits per heavy atom. The van der Waals surface area contributed by atoms with Crippen molar-refractivity contribution in [2.45, 2.75) is 34.1 Å². The Kier molecular flexibility index (Phi) is 3.63. The standard InChI is InChI=1S/C11H17N3/c1-5-8(2)6-12-11-9(3)10(4)13-7-14-11/h6-7H,5H2,1-4H3,(H,12,13,14)/b8-6-. The monoisotopic (exact) mass is 191 g/mol. The van der Waals surface area contributed by atoms with Gasteiger partial charge in [-0.2, -0.15) is 0 Å². The highest BCUT2D eigenvalue weighted by atomic mass is 15.0. The smallest absolute Gasteiger partial charge is 0.136 e. The summed E-state index contributed by atoms with van der Waals surface area (Å²) in [6, 6.07) is 0. The fourth-order valence-electron chi connectivity index (χ4n) is 0.977. The second-order valence-corrected chi connectivity index (χ2v) is 3.42. The number of hydrogen-bond acceptors (Lipinski definition) is 3. The number of rotatable bonds is 3. The van der Waals surface area contributed by atoms with Gasteiger partial charge in [0, 0.05) is 17.5 Å². The van der Waals surface area contributed by atoms with Crippen molar-refractivity contribution in [3.8, 4) is 0 Å². The summed E-state index contributed by atoms with van der Waals surface area (Å²) in [7, 11) is 0. The molecule has 14 heavy (non-hydrogen) atoms. The van der Waals surface area contributed by atoms with Crippen molar-refractivity contribution in [2.24, 2.45) is 0 Å². The lowest BCUT2D eigenvalue weighted by molar-refractivity contribution is 1.05. The Morgan fingerprint density at radius 2 is 2.14 bits per heavy atom. The van der Waals surface area contributed by atoms with Gasteiger partial charge in [0.05, 0.1) is 0 Å². The lowest BCUT2D eigenvalue weighted by Crippen LogP contribution is -1.99. The van der Waals surface area contributed by atoms with Crippen molar-refractivity contribution in [2.75, 3.05) is 5.32 Å². The van der Waals surface area contributed by atoms with Gasteiger partial charge in [-0.25, -0.2) is 9.97 Å². The summed E-state index contributed by atoms with van der Waals surface area (Å²) in [4.78, 5) is 8.29. The molecule has 3 heteroatoms. The molecule has 0 aliphatic rings. The molecule has 1 heterocycles. The van der Waals surface area contributed by atoms with Gasteiger partial charge in [-0.15, -0.1) is 0 Å². The van der Waals surface area contributed by atoms with Crippen molar-refractivity contribution >= 4 is 5.82 Å². The first-order chi connectivity index (χ1) is 6.65. The third-order valence-electron chi connectivity index (χ3n) is 2.35. The van der Waals surface area contributed by atoms with Crippen LogP contribution < -0.4 is 5.32 Å². The van der Waals surface area contributed by atoms with Gasteiger partial charge in [0.2, 0.25) is 0 Å². The Morgan fingerprint density at radius 1 is 1.43 bits per heavy atom. The summed E-state index contributed by atoms with van der Waals surface area (Å²) in [6.45, 7) is 8.23. The highest BCUT2D eigenvalue weighted by molar-refractivity contribution is 5.46. The van der Waals surface area contributed by atoms with Crippen LogP contribution in [0.1, 0.15) is 31.5 Å². The van der Waals surface area contributed by atoms with E-state index in [2.05, 4.69) is 29.1 Å². The number of allylic oxidation sites excluding steroid dienone is 1. The molecular formula is C11H17N3.